The van der Waals surface area contributed by atoms with Gasteiger partial charge in [-0.15, -0.1) is 0 Å². The molecule has 3 rings (SSSR count). The van der Waals surface area contributed by atoms with E-state index < -0.39 is 5.69 Å². The molecule has 0 bridgehead atoms. The van der Waals surface area contributed by atoms with Crippen molar-refractivity contribution in [2.75, 3.05) is 6.54 Å². The van der Waals surface area contributed by atoms with Gasteiger partial charge in [0.1, 0.15) is 6.54 Å². The van der Waals surface area contributed by atoms with Crippen LogP contribution in [0.25, 0.3) is 10.9 Å². The molecule has 0 spiro atoms. The molecule has 1 heterocycles. The minimum Gasteiger partial charge on any atom is -0.356 e. The van der Waals surface area contributed by atoms with Crippen LogP contribution in [0.15, 0.2) is 64.2 Å². The fourth-order valence-electron chi connectivity index (χ4n) is 4.19. The van der Waals surface area contributed by atoms with Crippen molar-refractivity contribution >= 4 is 22.7 Å². The van der Waals surface area contributed by atoms with Gasteiger partial charge in [-0.2, -0.15) is 0 Å². The highest BCUT2D eigenvalue weighted by Gasteiger charge is 2.16. The maximum Gasteiger partial charge on any atom is 0.331 e. The molecular weight excluding hydrogens is 456 g/mol. The van der Waals surface area contributed by atoms with E-state index in [4.69, 9.17) is 0 Å². The van der Waals surface area contributed by atoms with Crippen LogP contribution in [0.3, 0.4) is 0 Å². The molecule has 8 nitrogen and oxygen atoms in total. The van der Waals surface area contributed by atoms with Crippen molar-refractivity contribution < 1.29 is 9.59 Å². The average molecular weight is 493 g/mol. The van der Waals surface area contributed by atoms with E-state index in [2.05, 4.69) is 22.8 Å². The number of para-hydroxylation sites is 1. The number of hydrogen-bond acceptors (Lipinski definition) is 4. The number of rotatable bonds is 13. The Balaban J connectivity index is 1.69. The van der Waals surface area contributed by atoms with Crippen LogP contribution in [0.4, 0.5) is 0 Å². The SMILES string of the molecule is CCCNC(=O)CCCCn1c(=O)c2ccccc2n(CC(=O)N[C@@H](C)CCc2ccccc2)c1=O. The first kappa shape index (κ1) is 26.9. The number of aryl methyl sites for hydroxylation is 1. The van der Waals surface area contributed by atoms with Crippen LogP contribution in [0.2, 0.25) is 0 Å². The van der Waals surface area contributed by atoms with Crippen LogP contribution >= 0.6 is 0 Å². The number of amides is 2. The Morgan fingerprint density at radius 3 is 2.39 bits per heavy atom. The molecule has 192 valence electrons. The van der Waals surface area contributed by atoms with Crippen molar-refractivity contribution in [1.82, 2.24) is 19.8 Å². The molecule has 0 saturated heterocycles. The van der Waals surface area contributed by atoms with Crippen LogP contribution in [0, 0.1) is 0 Å². The third-order valence-electron chi connectivity index (χ3n) is 6.16. The van der Waals surface area contributed by atoms with Crippen molar-refractivity contribution in [2.45, 2.75) is 71.5 Å². The van der Waals surface area contributed by atoms with Crippen LogP contribution in [0.1, 0.15) is 51.5 Å². The van der Waals surface area contributed by atoms with E-state index in [0.717, 1.165) is 19.3 Å². The third-order valence-corrected chi connectivity index (χ3v) is 6.16. The highest BCUT2D eigenvalue weighted by Crippen LogP contribution is 2.09. The van der Waals surface area contributed by atoms with E-state index in [9.17, 15) is 19.2 Å². The number of benzene rings is 2. The zero-order valence-electron chi connectivity index (χ0n) is 21.2. The zero-order valence-corrected chi connectivity index (χ0v) is 21.2. The van der Waals surface area contributed by atoms with Gasteiger partial charge >= 0.3 is 5.69 Å². The largest absolute Gasteiger partial charge is 0.356 e. The second kappa shape index (κ2) is 13.4. The summed E-state index contributed by atoms with van der Waals surface area (Å²) in [5.74, 6) is -0.307. The van der Waals surface area contributed by atoms with Gasteiger partial charge in [0.05, 0.1) is 10.9 Å². The minimum absolute atomic E-state index is 0.0295. The summed E-state index contributed by atoms with van der Waals surface area (Å²) in [4.78, 5) is 51.0. The Morgan fingerprint density at radius 2 is 1.64 bits per heavy atom. The molecule has 2 aromatic carbocycles. The van der Waals surface area contributed by atoms with E-state index in [1.54, 1.807) is 24.3 Å². The van der Waals surface area contributed by atoms with Crippen LogP contribution in [-0.4, -0.2) is 33.5 Å². The van der Waals surface area contributed by atoms with Crippen LogP contribution in [0.5, 0.6) is 0 Å². The summed E-state index contributed by atoms with van der Waals surface area (Å²) in [6, 6.07) is 16.9. The quantitative estimate of drug-likeness (QED) is 0.358. The molecule has 0 fully saturated rings. The molecular formula is C28H36N4O4. The number of carbonyl (C=O) groups is 2. The lowest BCUT2D eigenvalue weighted by Crippen LogP contribution is -2.44. The molecule has 0 saturated carbocycles. The van der Waals surface area contributed by atoms with Gasteiger partial charge in [0.15, 0.2) is 0 Å². The number of nitrogens with zero attached hydrogens (tertiary/aromatic N) is 2. The standard InChI is InChI=1S/C28H36N4O4/c1-3-18-29-25(33)15-9-10-19-31-27(35)23-13-7-8-14-24(23)32(28(31)36)20-26(34)30-21(2)16-17-22-11-5-4-6-12-22/h4-8,11-14,21H,3,9-10,15-20H2,1-2H3,(H,29,33)(H,30,34)/t21-/m0/s1. The van der Waals surface area contributed by atoms with Gasteiger partial charge in [-0.1, -0.05) is 49.4 Å². The zero-order chi connectivity index (χ0) is 25.9. The lowest BCUT2D eigenvalue weighted by atomic mass is 10.1. The van der Waals surface area contributed by atoms with E-state index in [-0.39, 0.29) is 36.5 Å². The molecule has 2 N–H and O–H groups in total. The van der Waals surface area contributed by atoms with Crippen molar-refractivity contribution in [1.29, 1.82) is 0 Å². The molecule has 0 radical (unpaired) electrons. The summed E-state index contributed by atoms with van der Waals surface area (Å²) in [7, 11) is 0. The molecule has 36 heavy (non-hydrogen) atoms. The van der Waals surface area contributed by atoms with Gasteiger partial charge in [-0.05, 0) is 56.7 Å². The number of nitrogens with one attached hydrogen (secondary N) is 2. The predicted molar refractivity (Wildman–Crippen MR) is 142 cm³/mol. The van der Waals surface area contributed by atoms with Gasteiger partial charge < -0.3 is 10.6 Å². The van der Waals surface area contributed by atoms with Gasteiger partial charge in [-0.25, -0.2) is 4.79 Å². The Hall–Kier alpha value is -3.68. The molecule has 0 aliphatic carbocycles. The molecule has 8 heteroatoms. The first-order chi connectivity index (χ1) is 17.4. The van der Waals surface area contributed by atoms with Crippen LogP contribution in [-0.2, 0) is 29.1 Å². The van der Waals surface area contributed by atoms with Gasteiger partial charge in [0, 0.05) is 25.6 Å². The van der Waals surface area contributed by atoms with Crippen molar-refractivity contribution in [2.24, 2.45) is 0 Å². The number of unbranched alkanes of at least 4 members (excludes halogenated alkanes) is 1. The third kappa shape index (κ3) is 7.41. The lowest BCUT2D eigenvalue weighted by Gasteiger charge is -2.17. The number of hydrogen-bond donors (Lipinski definition) is 2. The maximum absolute atomic E-state index is 13.3. The summed E-state index contributed by atoms with van der Waals surface area (Å²) in [5.41, 5.74) is 0.755. The van der Waals surface area contributed by atoms with Gasteiger partial charge in [0.25, 0.3) is 5.56 Å². The maximum atomic E-state index is 13.3. The minimum atomic E-state index is -0.513. The van der Waals surface area contributed by atoms with Crippen molar-refractivity contribution in [3.8, 4) is 0 Å². The second-order valence-corrected chi connectivity index (χ2v) is 9.14. The normalized spacial score (nSPS) is 11.8. The fourth-order valence-corrected chi connectivity index (χ4v) is 4.19. The molecule has 1 aromatic heterocycles. The van der Waals surface area contributed by atoms with Crippen LogP contribution < -0.4 is 21.9 Å². The van der Waals surface area contributed by atoms with E-state index in [1.807, 2.05) is 32.0 Å². The summed E-state index contributed by atoms with van der Waals surface area (Å²) in [6.45, 7) is 4.59. The molecule has 0 aliphatic heterocycles. The summed E-state index contributed by atoms with van der Waals surface area (Å²) in [6.07, 6.45) is 3.91. The van der Waals surface area contributed by atoms with Crippen molar-refractivity contribution in [3.63, 3.8) is 0 Å². The number of aromatic nitrogens is 2. The second-order valence-electron chi connectivity index (χ2n) is 9.14. The Labute approximate surface area is 211 Å². The first-order valence-corrected chi connectivity index (χ1v) is 12.7. The molecule has 2 amide bonds. The van der Waals surface area contributed by atoms with Gasteiger partial charge in [0.2, 0.25) is 11.8 Å². The predicted octanol–water partition coefficient (Wildman–Crippen LogP) is 3.00. The van der Waals surface area contributed by atoms with Crippen molar-refractivity contribution in [3.05, 3.63) is 81.0 Å². The molecule has 0 aliphatic rings. The monoisotopic (exact) mass is 492 g/mol. The molecule has 0 unspecified atom stereocenters. The fraction of sp³-hybridized carbons (Fsp3) is 0.429. The topological polar surface area (TPSA) is 102 Å². The summed E-state index contributed by atoms with van der Waals surface area (Å²) >= 11 is 0. The van der Waals surface area contributed by atoms with E-state index in [1.165, 1.54) is 14.7 Å². The average Bonchev–Trinajstić information content (AvgIpc) is 2.88. The highest BCUT2D eigenvalue weighted by atomic mass is 16.2. The lowest BCUT2D eigenvalue weighted by molar-refractivity contribution is -0.122. The smallest absolute Gasteiger partial charge is 0.331 e. The highest BCUT2D eigenvalue weighted by molar-refractivity contribution is 5.81. The summed E-state index contributed by atoms with van der Waals surface area (Å²) < 4.78 is 2.54. The molecule has 1 atom stereocenters. The van der Waals surface area contributed by atoms with E-state index in [0.29, 0.717) is 36.7 Å². The Bertz CT molecular complexity index is 1280. The first-order valence-electron chi connectivity index (χ1n) is 12.7. The van der Waals surface area contributed by atoms with E-state index >= 15 is 0 Å². The molecule has 3 aromatic rings. The number of fused-ring (bicyclic) bond motifs is 1. The number of carbonyl (C=O) groups excluding carboxylic acids is 2. The van der Waals surface area contributed by atoms with Gasteiger partial charge in [-0.3, -0.25) is 23.5 Å². The Morgan fingerprint density at radius 1 is 0.917 bits per heavy atom. The Kier molecular flexibility index (Phi) is 10.0. The summed E-state index contributed by atoms with van der Waals surface area (Å²) in [5, 5.41) is 6.19.